The summed E-state index contributed by atoms with van der Waals surface area (Å²) in [6, 6.07) is 9.27. The average molecular weight is 228 g/mol. The summed E-state index contributed by atoms with van der Waals surface area (Å²) in [6.45, 7) is 9.61. The quantitative estimate of drug-likeness (QED) is 0.649. The van der Waals surface area contributed by atoms with E-state index in [1.54, 1.807) is 5.56 Å². The molecular weight excluding hydrogens is 204 g/mol. The van der Waals surface area contributed by atoms with Gasteiger partial charge in [0.2, 0.25) is 0 Å². The van der Waals surface area contributed by atoms with Crippen LogP contribution >= 0.6 is 0 Å². The summed E-state index contributed by atoms with van der Waals surface area (Å²) in [5.74, 6) is 3.60. The number of rotatable bonds is 1. The molecule has 4 unspecified atom stereocenters. The molecule has 0 radical (unpaired) electrons. The van der Waals surface area contributed by atoms with E-state index < -0.39 is 0 Å². The molecule has 0 nitrogen and oxygen atoms in total. The van der Waals surface area contributed by atoms with Crippen molar-refractivity contribution in [2.45, 2.75) is 46.5 Å². The highest BCUT2D eigenvalue weighted by molar-refractivity contribution is 5.28. The van der Waals surface area contributed by atoms with Crippen molar-refractivity contribution >= 4 is 0 Å². The van der Waals surface area contributed by atoms with E-state index in [0.29, 0.717) is 5.41 Å². The Morgan fingerprint density at radius 3 is 2.24 bits per heavy atom. The molecule has 0 spiro atoms. The van der Waals surface area contributed by atoms with Gasteiger partial charge in [-0.15, -0.1) is 0 Å². The predicted octanol–water partition coefficient (Wildman–Crippen LogP) is 4.78. The van der Waals surface area contributed by atoms with Crippen LogP contribution in [-0.4, -0.2) is 0 Å². The fourth-order valence-corrected chi connectivity index (χ4v) is 4.35. The normalized spacial score (nSPS) is 38.6. The number of hydrogen-bond acceptors (Lipinski definition) is 0. The molecule has 0 N–H and O–H groups in total. The Morgan fingerprint density at radius 2 is 1.71 bits per heavy atom. The Bertz CT molecular complexity index is 408. The molecule has 0 aromatic heterocycles. The molecule has 0 heterocycles. The van der Waals surface area contributed by atoms with Crippen molar-refractivity contribution in [1.82, 2.24) is 0 Å². The SMILES string of the molecule is Cc1ccc(C2CC3CC2C(C)C3(C)C)cc1. The molecule has 2 aliphatic rings. The van der Waals surface area contributed by atoms with Crippen molar-refractivity contribution in [2.75, 3.05) is 0 Å². The molecule has 0 saturated heterocycles. The van der Waals surface area contributed by atoms with E-state index in [4.69, 9.17) is 0 Å². The third-order valence-corrected chi connectivity index (χ3v) is 5.99. The third kappa shape index (κ3) is 1.57. The van der Waals surface area contributed by atoms with E-state index in [1.807, 2.05) is 0 Å². The maximum Gasteiger partial charge on any atom is -0.0128 e. The van der Waals surface area contributed by atoms with Gasteiger partial charge < -0.3 is 0 Å². The maximum atomic E-state index is 2.48. The number of aryl methyl sites for hydroxylation is 1. The van der Waals surface area contributed by atoms with Gasteiger partial charge in [0.1, 0.15) is 0 Å². The molecule has 2 aliphatic carbocycles. The summed E-state index contributed by atoms with van der Waals surface area (Å²) in [7, 11) is 0. The minimum atomic E-state index is 0.575. The van der Waals surface area contributed by atoms with Crippen LogP contribution in [0.25, 0.3) is 0 Å². The summed E-state index contributed by atoms with van der Waals surface area (Å²) in [4.78, 5) is 0. The second-order valence-electron chi connectivity index (χ2n) is 6.96. The molecular formula is C17H24. The van der Waals surface area contributed by atoms with Gasteiger partial charge in [-0.1, -0.05) is 50.6 Å². The fraction of sp³-hybridized carbons (Fsp3) is 0.647. The minimum Gasteiger partial charge on any atom is -0.0617 e. The lowest BCUT2D eigenvalue weighted by molar-refractivity contribution is 0.122. The zero-order chi connectivity index (χ0) is 12.2. The van der Waals surface area contributed by atoms with Crippen molar-refractivity contribution in [3.05, 3.63) is 35.4 Å². The Morgan fingerprint density at radius 1 is 1.06 bits per heavy atom. The average Bonchev–Trinajstić information content (AvgIpc) is 2.81. The van der Waals surface area contributed by atoms with Gasteiger partial charge in [0.25, 0.3) is 0 Å². The summed E-state index contributed by atoms with van der Waals surface area (Å²) in [5, 5.41) is 0. The molecule has 1 aromatic carbocycles. The zero-order valence-electron chi connectivity index (χ0n) is 11.5. The van der Waals surface area contributed by atoms with E-state index in [0.717, 1.165) is 23.7 Å². The van der Waals surface area contributed by atoms with Gasteiger partial charge in [-0.3, -0.25) is 0 Å². The Kier molecular flexibility index (Phi) is 2.40. The van der Waals surface area contributed by atoms with Crippen molar-refractivity contribution in [3.63, 3.8) is 0 Å². The highest BCUT2D eigenvalue weighted by Crippen LogP contribution is 2.63. The van der Waals surface area contributed by atoms with Crippen molar-refractivity contribution in [1.29, 1.82) is 0 Å². The first kappa shape index (κ1) is 11.3. The smallest absolute Gasteiger partial charge is 0.0128 e. The summed E-state index contributed by atoms with van der Waals surface area (Å²) in [5.41, 5.74) is 3.54. The van der Waals surface area contributed by atoms with Gasteiger partial charge in [-0.25, -0.2) is 0 Å². The summed E-state index contributed by atoms with van der Waals surface area (Å²) >= 11 is 0. The lowest BCUT2D eigenvalue weighted by atomic mass is 9.65. The molecule has 2 fully saturated rings. The van der Waals surface area contributed by atoms with Crippen LogP contribution in [0, 0.1) is 30.1 Å². The van der Waals surface area contributed by atoms with Crippen molar-refractivity contribution in [2.24, 2.45) is 23.2 Å². The maximum absolute atomic E-state index is 2.48. The Balaban J connectivity index is 1.88. The molecule has 1 aromatic rings. The van der Waals surface area contributed by atoms with Gasteiger partial charge >= 0.3 is 0 Å². The van der Waals surface area contributed by atoms with Gasteiger partial charge in [0.15, 0.2) is 0 Å². The van der Waals surface area contributed by atoms with E-state index in [-0.39, 0.29) is 0 Å². The molecule has 17 heavy (non-hydrogen) atoms. The summed E-state index contributed by atoms with van der Waals surface area (Å²) < 4.78 is 0. The monoisotopic (exact) mass is 228 g/mol. The van der Waals surface area contributed by atoms with E-state index >= 15 is 0 Å². The summed E-state index contributed by atoms with van der Waals surface area (Å²) in [6.07, 6.45) is 2.89. The number of hydrogen-bond donors (Lipinski definition) is 0. The van der Waals surface area contributed by atoms with Crippen LogP contribution in [0.3, 0.4) is 0 Å². The third-order valence-electron chi connectivity index (χ3n) is 5.99. The van der Waals surface area contributed by atoms with Gasteiger partial charge in [-0.2, -0.15) is 0 Å². The molecule has 0 amide bonds. The zero-order valence-corrected chi connectivity index (χ0v) is 11.5. The van der Waals surface area contributed by atoms with E-state index in [2.05, 4.69) is 52.0 Å². The fourth-order valence-electron chi connectivity index (χ4n) is 4.35. The molecule has 2 bridgehead atoms. The van der Waals surface area contributed by atoms with Crippen molar-refractivity contribution in [3.8, 4) is 0 Å². The second kappa shape index (κ2) is 3.60. The van der Waals surface area contributed by atoms with E-state index in [9.17, 15) is 0 Å². The Hall–Kier alpha value is -0.780. The highest BCUT2D eigenvalue weighted by atomic mass is 14.6. The van der Waals surface area contributed by atoms with Crippen LogP contribution in [0.5, 0.6) is 0 Å². The first-order chi connectivity index (χ1) is 8.00. The van der Waals surface area contributed by atoms with Crippen LogP contribution in [0.15, 0.2) is 24.3 Å². The number of fused-ring (bicyclic) bond motifs is 2. The first-order valence-electron chi connectivity index (χ1n) is 7.06. The van der Waals surface area contributed by atoms with Gasteiger partial charge in [0, 0.05) is 0 Å². The van der Waals surface area contributed by atoms with Crippen LogP contribution in [0.4, 0.5) is 0 Å². The largest absolute Gasteiger partial charge is 0.0617 e. The van der Waals surface area contributed by atoms with E-state index in [1.165, 1.54) is 18.4 Å². The molecule has 92 valence electrons. The minimum absolute atomic E-state index is 0.575. The van der Waals surface area contributed by atoms with Crippen LogP contribution < -0.4 is 0 Å². The lowest BCUT2D eigenvalue weighted by Gasteiger charge is -2.40. The van der Waals surface area contributed by atoms with Gasteiger partial charge in [0.05, 0.1) is 0 Å². The molecule has 0 aliphatic heterocycles. The van der Waals surface area contributed by atoms with Crippen LogP contribution in [0.1, 0.15) is 50.7 Å². The molecule has 0 heteroatoms. The first-order valence-corrected chi connectivity index (χ1v) is 7.06. The second-order valence-corrected chi connectivity index (χ2v) is 6.96. The van der Waals surface area contributed by atoms with Gasteiger partial charge in [-0.05, 0) is 54.4 Å². The molecule has 4 atom stereocenters. The van der Waals surface area contributed by atoms with Crippen molar-refractivity contribution < 1.29 is 0 Å². The standard InChI is InChI=1S/C17H24/c1-11-5-7-13(8-6-11)16-10-14-9-15(16)12(2)17(14,3)4/h5-8,12,14-16H,9-10H2,1-4H3. The molecule has 2 saturated carbocycles. The predicted molar refractivity (Wildman–Crippen MR) is 73.1 cm³/mol. The molecule has 3 rings (SSSR count). The van der Waals surface area contributed by atoms with Crippen LogP contribution in [0.2, 0.25) is 0 Å². The number of benzene rings is 1. The van der Waals surface area contributed by atoms with Crippen LogP contribution in [-0.2, 0) is 0 Å². The highest BCUT2D eigenvalue weighted by Gasteiger charge is 2.54. The topological polar surface area (TPSA) is 0 Å². The lowest BCUT2D eigenvalue weighted by Crippen LogP contribution is -2.32. The Labute approximate surface area is 105 Å².